The molecule has 1 aromatic rings. The number of likely N-dealkylation sites (tertiary alicyclic amines) is 1. The van der Waals surface area contributed by atoms with Gasteiger partial charge in [-0.25, -0.2) is 5.01 Å². The number of nitrogens with one attached hydrogen (secondary N) is 3. The van der Waals surface area contributed by atoms with Crippen molar-refractivity contribution < 1.29 is 0 Å². The maximum atomic E-state index is 5.04. The fourth-order valence-electron chi connectivity index (χ4n) is 4.78. The molecule has 0 unspecified atom stereocenters. The van der Waals surface area contributed by atoms with Crippen molar-refractivity contribution in [2.45, 2.75) is 58.7 Å². The normalized spacial score (nSPS) is 22.6. The smallest absolute Gasteiger partial charge is 0.102 e. The summed E-state index contributed by atoms with van der Waals surface area (Å²) in [5, 5.41) is 9.85. The Morgan fingerprint density at radius 1 is 1.04 bits per heavy atom. The molecule has 0 amide bonds. The predicted octanol–water partition coefficient (Wildman–Crippen LogP) is 0.392. The van der Waals surface area contributed by atoms with Gasteiger partial charge in [0, 0.05) is 36.4 Å². The fraction of sp³-hybridized carbons (Fsp3) is 0.571. The predicted molar refractivity (Wildman–Crippen MR) is 112 cm³/mol. The van der Waals surface area contributed by atoms with Gasteiger partial charge in [-0.1, -0.05) is 0 Å². The Hall–Kier alpha value is -2.25. The van der Waals surface area contributed by atoms with Crippen molar-refractivity contribution in [2.24, 2.45) is 0 Å². The van der Waals surface area contributed by atoms with Crippen LogP contribution in [-0.4, -0.2) is 51.4 Å². The Kier molecular flexibility index (Phi) is 4.25. The molecule has 0 atom stereocenters. The van der Waals surface area contributed by atoms with E-state index in [1.54, 1.807) is 0 Å². The van der Waals surface area contributed by atoms with Crippen LogP contribution in [0.5, 0.6) is 0 Å². The first-order valence-electron chi connectivity index (χ1n) is 10.6. The highest BCUT2D eigenvalue weighted by atomic mass is 15.5. The summed E-state index contributed by atoms with van der Waals surface area (Å²) < 4.78 is 2.13. The van der Waals surface area contributed by atoms with E-state index in [2.05, 4.69) is 70.7 Å². The second-order valence-electron chi connectivity index (χ2n) is 8.80. The van der Waals surface area contributed by atoms with E-state index in [1.165, 1.54) is 42.4 Å². The summed E-state index contributed by atoms with van der Waals surface area (Å²) in [7, 11) is 0. The Balaban J connectivity index is 1.45. The number of nitrogens with zero attached hydrogens (tertiary/aromatic N) is 4. The lowest BCUT2D eigenvalue weighted by molar-refractivity contribution is 0.0841. The van der Waals surface area contributed by atoms with E-state index in [0.717, 1.165) is 23.3 Å². The van der Waals surface area contributed by atoms with Gasteiger partial charge < -0.3 is 21.2 Å². The lowest BCUT2D eigenvalue weighted by Crippen LogP contribution is -2.49. The molecule has 3 aliphatic heterocycles. The van der Waals surface area contributed by atoms with Crippen LogP contribution < -0.4 is 26.8 Å². The van der Waals surface area contributed by atoms with Crippen molar-refractivity contribution in [1.29, 1.82) is 0 Å². The molecule has 3 N–H and O–H groups in total. The first kappa shape index (κ1) is 17.8. The van der Waals surface area contributed by atoms with Crippen LogP contribution in [0.4, 0.5) is 0 Å². The van der Waals surface area contributed by atoms with E-state index in [4.69, 9.17) is 5.10 Å². The quantitative estimate of drug-likeness (QED) is 0.704. The fourth-order valence-corrected chi connectivity index (χ4v) is 4.78. The van der Waals surface area contributed by atoms with Gasteiger partial charge in [-0.3, -0.25) is 4.68 Å². The summed E-state index contributed by atoms with van der Waals surface area (Å²) in [5.74, 6) is 0. The van der Waals surface area contributed by atoms with Gasteiger partial charge in [0.15, 0.2) is 0 Å². The van der Waals surface area contributed by atoms with Crippen molar-refractivity contribution in [2.75, 3.05) is 19.6 Å². The number of rotatable bonds is 3. The number of piperidine rings is 1. The van der Waals surface area contributed by atoms with Gasteiger partial charge in [-0.15, -0.1) is 0 Å². The van der Waals surface area contributed by atoms with Crippen LogP contribution in [0.2, 0.25) is 0 Å². The number of allylic oxidation sites excluding steroid dienone is 1. The summed E-state index contributed by atoms with van der Waals surface area (Å²) >= 11 is 0. The maximum absolute atomic E-state index is 5.04. The van der Waals surface area contributed by atoms with Crippen molar-refractivity contribution in [3.63, 3.8) is 0 Å². The van der Waals surface area contributed by atoms with Crippen LogP contribution >= 0.6 is 0 Å². The van der Waals surface area contributed by atoms with E-state index < -0.39 is 0 Å². The number of hydrazine groups is 2. The molecule has 1 fully saturated rings. The molecule has 7 nitrogen and oxygen atoms in total. The van der Waals surface area contributed by atoms with Gasteiger partial charge in [0.2, 0.25) is 0 Å². The number of hydrogen-bond acceptors (Lipinski definition) is 6. The van der Waals surface area contributed by atoms with Gasteiger partial charge in [0.25, 0.3) is 0 Å². The second kappa shape index (κ2) is 6.67. The van der Waals surface area contributed by atoms with Crippen LogP contribution in [0, 0.1) is 0 Å². The van der Waals surface area contributed by atoms with E-state index in [1.807, 2.05) is 6.20 Å². The summed E-state index contributed by atoms with van der Waals surface area (Å²) in [6.45, 7) is 12.2. The third kappa shape index (κ3) is 2.76. The molecule has 7 heteroatoms. The summed E-state index contributed by atoms with van der Waals surface area (Å²) in [6, 6.07) is 1.54. The Bertz CT molecular complexity index is 958. The Morgan fingerprint density at radius 3 is 2.50 bits per heavy atom. The van der Waals surface area contributed by atoms with Crippen LogP contribution in [0.15, 0.2) is 17.8 Å². The highest BCUT2D eigenvalue weighted by Gasteiger charge is 2.33. The molecular formula is C21H31N7. The molecule has 150 valence electrons. The van der Waals surface area contributed by atoms with Crippen molar-refractivity contribution in [3.8, 4) is 0 Å². The molecule has 1 aliphatic carbocycles. The van der Waals surface area contributed by atoms with E-state index in [-0.39, 0.29) is 0 Å². The zero-order chi connectivity index (χ0) is 19.4. The third-order valence-electron chi connectivity index (χ3n) is 6.41. The zero-order valence-corrected chi connectivity index (χ0v) is 17.3. The molecule has 0 spiro atoms. The minimum absolute atomic E-state index is 0.318. The van der Waals surface area contributed by atoms with Crippen molar-refractivity contribution in [3.05, 3.63) is 34.1 Å². The lowest BCUT2D eigenvalue weighted by Gasteiger charge is -2.38. The van der Waals surface area contributed by atoms with E-state index in [0.29, 0.717) is 18.1 Å². The topological polar surface area (TPSA) is 60.4 Å². The molecule has 0 aromatic carbocycles. The van der Waals surface area contributed by atoms with Crippen molar-refractivity contribution >= 4 is 17.5 Å². The molecule has 5 rings (SSSR count). The lowest BCUT2D eigenvalue weighted by atomic mass is 10.0. The van der Waals surface area contributed by atoms with E-state index >= 15 is 0 Å². The van der Waals surface area contributed by atoms with Crippen LogP contribution in [-0.2, 0) is 0 Å². The Labute approximate surface area is 166 Å². The number of aromatic nitrogens is 2. The van der Waals surface area contributed by atoms with Crippen molar-refractivity contribution in [1.82, 2.24) is 36.0 Å². The van der Waals surface area contributed by atoms with Gasteiger partial charge >= 0.3 is 0 Å². The number of fused-ring (bicyclic) bond motifs is 1. The second-order valence-corrected chi connectivity index (χ2v) is 8.80. The third-order valence-corrected chi connectivity index (χ3v) is 6.41. The average Bonchev–Trinajstić information content (AvgIpc) is 3.24. The minimum Gasteiger partial charge on any atom is -0.318 e. The van der Waals surface area contributed by atoms with Crippen LogP contribution in [0.1, 0.15) is 52.3 Å². The van der Waals surface area contributed by atoms with Gasteiger partial charge in [0.1, 0.15) is 5.69 Å². The highest BCUT2D eigenvalue weighted by molar-refractivity contribution is 5.77. The monoisotopic (exact) mass is 381 g/mol. The molecule has 28 heavy (non-hydrogen) atoms. The molecule has 1 aromatic heterocycles. The van der Waals surface area contributed by atoms with Gasteiger partial charge in [-0.05, 0) is 65.8 Å². The summed E-state index contributed by atoms with van der Waals surface area (Å²) in [6.07, 6.45) is 8.81. The first-order chi connectivity index (χ1) is 13.5. The first-order valence-corrected chi connectivity index (χ1v) is 10.6. The number of hydrogen-bond donors (Lipinski definition) is 3. The molecule has 0 saturated carbocycles. The standard InChI is InChI=1S/C21H31N7/c1-13(2)26-9-7-15(8-10-26)27-12-16-17(24-27)5-6-18-20-19(11-22-23-18)28(14(3)4)25-21(16)20/h5-6,11,13-15,22-24H,7-10,12H2,1-4H3. The minimum atomic E-state index is 0.318. The summed E-state index contributed by atoms with van der Waals surface area (Å²) in [4.78, 5) is 2.58. The molecule has 4 heterocycles. The van der Waals surface area contributed by atoms with Crippen LogP contribution in [0.25, 0.3) is 17.5 Å². The molecular weight excluding hydrogens is 350 g/mol. The summed E-state index contributed by atoms with van der Waals surface area (Å²) in [5.41, 5.74) is 14.9. The average molecular weight is 382 g/mol. The SMILES string of the molecule is CC(C)N1CCC(N2CC3=C(C=CC4=c5c3nn(C(C)C)c5=CNN4)N2)CC1. The maximum Gasteiger partial charge on any atom is 0.102 e. The molecule has 0 radical (unpaired) electrons. The zero-order valence-electron chi connectivity index (χ0n) is 17.3. The molecule has 0 bridgehead atoms. The van der Waals surface area contributed by atoms with Gasteiger partial charge in [-0.2, -0.15) is 5.10 Å². The highest BCUT2D eigenvalue weighted by Crippen LogP contribution is 2.28. The van der Waals surface area contributed by atoms with E-state index in [9.17, 15) is 0 Å². The van der Waals surface area contributed by atoms with Gasteiger partial charge in [0.05, 0.1) is 22.0 Å². The largest absolute Gasteiger partial charge is 0.318 e. The molecule has 1 saturated heterocycles. The van der Waals surface area contributed by atoms with Crippen LogP contribution in [0.3, 0.4) is 0 Å². The Morgan fingerprint density at radius 2 is 1.79 bits per heavy atom. The molecule has 4 aliphatic rings.